The Kier molecular flexibility index (Phi) is 3.87. The molecule has 0 spiro atoms. The molecule has 0 amide bonds. The molecule has 1 aliphatic heterocycles. The number of ether oxygens (including phenoxy) is 1. The molecule has 0 aromatic heterocycles. The van der Waals surface area contributed by atoms with Gasteiger partial charge in [-0.25, -0.2) is 0 Å². The number of hydrogen-bond donors (Lipinski definition) is 1. The summed E-state index contributed by atoms with van der Waals surface area (Å²) < 4.78 is 5.68. The number of morpholine rings is 1. The fourth-order valence-corrected chi connectivity index (χ4v) is 3.63. The third-order valence-corrected chi connectivity index (χ3v) is 4.54. The van der Waals surface area contributed by atoms with E-state index >= 15 is 0 Å². The molecule has 19 heavy (non-hydrogen) atoms. The van der Waals surface area contributed by atoms with E-state index in [1.807, 2.05) is 0 Å². The molecule has 3 heteroatoms. The second-order valence-electron chi connectivity index (χ2n) is 5.75. The van der Waals surface area contributed by atoms with E-state index in [-0.39, 0.29) is 0 Å². The average Bonchev–Trinajstić information content (AvgIpc) is 2.46. The molecule has 1 aromatic rings. The Balaban J connectivity index is 1.83. The van der Waals surface area contributed by atoms with Gasteiger partial charge >= 0.3 is 0 Å². The van der Waals surface area contributed by atoms with E-state index in [0.29, 0.717) is 18.2 Å². The first-order chi connectivity index (χ1) is 9.29. The number of benzene rings is 1. The van der Waals surface area contributed by atoms with Gasteiger partial charge in [0.05, 0.1) is 12.7 Å². The summed E-state index contributed by atoms with van der Waals surface area (Å²) in [6.45, 7) is 5.17. The highest BCUT2D eigenvalue weighted by Crippen LogP contribution is 2.33. The van der Waals surface area contributed by atoms with Crippen molar-refractivity contribution < 1.29 is 4.74 Å². The fraction of sp³-hybridized carbons (Fsp3) is 0.625. The van der Waals surface area contributed by atoms with Crippen molar-refractivity contribution in [3.63, 3.8) is 0 Å². The molecule has 2 aliphatic rings. The molecule has 3 unspecified atom stereocenters. The number of aryl methyl sites for hydroxylation is 1. The Labute approximate surface area is 115 Å². The van der Waals surface area contributed by atoms with Crippen molar-refractivity contribution in [2.45, 2.75) is 38.0 Å². The lowest BCUT2D eigenvalue weighted by Gasteiger charge is -2.43. The molecule has 1 heterocycles. The van der Waals surface area contributed by atoms with Crippen molar-refractivity contribution >= 4 is 0 Å². The van der Waals surface area contributed by atoms with Crippen molar-refractivity contribution in [3.05, 3.63) is 35.4 Å². The highest BCUT2D eigenvalue weighted by atomic mass is 16.5. The summed E-state index contributed by atoms with van der Waals surface area (Å²) in [6.07, 6.45) is 2.81. The average molecular weight is 260 g/mol. The van der Waals surface area contributed by atoms with E-state index < -0.39 is 0 Å². The van der Waals surface area contributed by atoms with Gasteiger partial charge < -0.3 is 10.1 Å². The van der Waals surface area contributed by atoms with Gasteiger partial charge in [-0.05, 0) is 37.9 Å². The maximum absolute atomic E-state index is 5.68. The predicted molar refractivity (Wildman–Crippen MR) is 77.3 cm³/mol. The number of likely N-dealkylation sites (N-methyl/N-ethyl adjacent to an activating group) is 1. The van der Waals surface area contributed by atoms with Crippen LogP contribution in [0.25, 0.3) is 0 Å². The number of hydrogen-bond acceptors (Lipinski definition) is 3. The fourth-order valence-electron chi connectivity index (χ4n) is 3.63. The first-order valence-electron chi connectivity index (χ1n) is 7.40. The van der Waals surface area contributed by atoms with Gasteiger partial charge in [-0.2, -0.15) is 0 Å². The summed E-state index contributed by atoms with van der Waals surface area (Å²) in [7, 11) is 2.09. The molecule has 1 N–H and O–H groups in total. The van der Waals surface area contributed by atoms with Gasteiger partial charge in [0.1, 0.15) is 0 Å². The molecule has 0 radical (unpaired) electrons. The van der Waals surface area contributed by atoms with E-state index in [4.69, 9.17) is 4.74 Å². The van der Waals surface area contributed by atoms with Crippen molar-refractivity contribution in [2.75, 3.05) is 26.7 Å². The van der Waals surface area contributed by atoms with Crippen LogP contribution in [0.3, 0.4) is 0 Å². The molecule has 0 saturated carbocycles. The Morgan fingerprint density at radius 1 is 1.32 bits per heavy atom. The monoisotopic (exact) mass is 260 g/mol. The molecule has 0 bridgehead atoms. The minimum Gasteiger partial charge on any atom is -0.376 e. The summed E-state index contributed by atoms with van der Waals surface area (Å²) in [5.74, 6) is 0. The Morgan fingerprint density at radius 3 is 2.95 bits per heavy atom. The minimum atomic E-state index is 0.364. The van der Waals surface area contributed by atoms with Crippen molar-refractivity contribution in [1.82, 2.24) is 10.2 Å². The lowest BCUT2D eigenvalue weighted by Crippen LogP contribution is -2.52. The van der Waals surface area contributed by atoms with Gasteiger partial charge in [0.25, 0.3) is 0 Å². The van der Waals surface area contributed by atoms with Gasteiger partial charge in [0, 0.05) is 25.2 Å². The minimum absolute atomic E-state index is 0.364. The van der Waals surface area contributed by atoms with Crippen LogP contribution in [0.1, 0.15) is 30.5 Å². The topological polar surface area (TPSA) is 24.5 Å². The van der Waals surface area contributed by atoms with Gasteiger partial charge in [-0.1, -0.05) is 24.3 Å². The van der Waals surface area contributed by atoms with Gasteiger partial charge in [-0.15, -0.1) is 0 Å². The van der Waals surface area contributed by atoms with E-state index in [0.717, 1.165) is 19.7 Å². The van der Waals surface area contributed by atoms with Crippen LogP contribution in [-0.2, 0) is 11.2 Å². The van der Waals surface area contributed by atoms with Crippen LogP contribution < -0.4 is 5.32 Å². The highest BCUT2D eigenvalue weighted by Gasteiger charge is 2.34. The zero-order valence-corrected chi connectivity index (χ0v) is 11.9. The number of fused-ring (bicyclic) bond motifs is 1. The van der Waals surface area contributed by atoms with Crippen molar-refractivity contribution in [3.8, 4) is 0 Å². The summed E-state index contributed by atoms with van der Waals surface area (Å²) in [6, 6.07) is 9.93. The van der Waals surface area contributed by atoms with Crippen LogP contribution in [0.4, 0.5) is 0 Å². The second kappa shape index (κ2) is 5.61. The van der Waals surface area contributed by atoms with Gasteiger partial charge in [-0.3, -0.25) is 4.90 Å². The largest absolute Gasteiger partial charge is 0.376 e. The number of nitrogens with zero attached hydrogens (tertiary/aromatic N) is 1. The highest BCUT2D eigenvalue weighted by molar-refractivity contribution is 5.34. The lowest BCUT2D eigenvalue weighted by atomic mass is 9.83. The molecule has 3 atom stereocenters. The Hall–Kier alpha value is -0.900. The molecule has 1 saturated heterocycles. The van der Waals surface area contributed by atoms with E-state index in [2.05, 4.69) is 48.5 Å². The standard InChI is InChI=1S/C16H24N2O/c1-12-11-18(9-10-19-12)15-8-7-13-5-3-4-6-14(13)16(15)17-2/h3-6,12,15-17H,7-11H2,1-2H3. The first kappa shape index (κ1) is 13.1. The van der Waals surface area contributed by atoms with Crippen LogP contribution in [0.5, 0.6) is 0 Å². The van der Waals surface area contributed by atoms with E-state index in [9.17, 15) is 0 Å². The second-order valence-corrected chi connectivity index (χ2v) is 5.75. The van der Waals surface area contributed by atoms with E-state index in [1.165, 1.54) is 24.0 Å². The predicted octanol–water partition coefficient (Wildman–Crippen LogP) is 1.98. The lowest BCUT2D eigenvalue weighted by molar-refractivity contribution is -0.0421. The zero-order valence-electron chi connectivity index (χ0n) is 11.9. The maximum Gasteiger partial charge on any atom is 0.0674 e. The molecule has 1 aliphatic carbocycles. The van der Waals surface area contributed by atoms with Crippen molar-refractivity contribution in [1.29, 1.82) is 0 Å². The van der Waals surface area contributed by atoms with Gasteiger partial charge in [0.2, 0.25) is 0 Å². The summed E-state index contributed by atoms with van der Waals surface area (Å²) in [5, 5.41) is 3.54. The third kappa shape index (κ3) is 2.55. The Morgan fingerprint density at radius 2 is 2.16 bits per heavy atom. The summed E-state index contributed by atoms with van der Waals surface area (Å²) in [4.78, 5) is 2.62. The van der Waals surface area contributed by atoms with Crippen LogP contribution in [0.15, 0.2) is 24.3 Å². The first-order valence-corrected chi connectivity index (χ1v) is 7.40. The van der Waals surface area contributed by atoms with Crippen LogP contribution in [-0.4, -0.2) is 43.8 Å². The Bertz CT molecular complexity index is 435. The SMILES string of the molecule is CNC1c2ccccc2CCC1N1CCOC(C)C1. The summed E-state index contributed by atoms with van der Waals surface area (Å²) in [5.41, 5.74) is 3.00. The number of nitrogens with one attached hydrogen (secondary N) is 1. The van der Waals surface area contributed by atoms with Crippen LogP contribution >= 0.6 is 0 Å². The normalized spacial score (nSPS) is 32.0. The van der Waals surface area contributed by atoms with Crippen LogP contribution in [0, 0.1) is 0 Å². The molecule has 1 aromatic carbocycles. The molecule has 104 valence electrons. The molecular formula is C16H24N2O. The molecule has 1 fully saturated rings. The van der Waals surface area contributed by atoms with E-state index in [1.54, 1.807) is 0 Å². The zero-order chi connectivity index (χ0) is 13.2. The molecule has 3 nitrogen and oxygen atoms in total. The number of rotatable bonds is 2. The summed E-state index contributed by atoms with van der Waals surface area (Å²) >= 11 is 0. The van der Waals surface area contributed by atoms with Crippen molar-refractivity contribution in [2.24, 2.45) is 0 Å². The quantitative estimate of drug-likeness (QED) is 0.880. The van der Waals surface area contributed by atoms with Gasteiger partial charge in [0.15, 0.2) is 0 Å². The molecule has 3 rings (SSSR count). The van der Waals surface area contributed by atoms with Crippen LogP contribution in [0.2, 0.25) is 0 Å². The maximum atomic E-state index is 5.68. The molecular weight excluding hydrogens is 236 g/mol. The third-order valence-electron chi connectivity index (χ3n) is 4.54. The smallest absolute Gasteiger partial charge is 0.0674 e.